The van der Waals surface area contributed by atoms with Gasteiger partial charge in [-0.15, -0.1) is 9.13 Å². The van der Waals surface area contributed by atoms with Gasteiger partial charge in [-0.25, -0.2) is 0 Å². The number of hydrogen-bond donors (Lipinski definition) is 0. The molecule has 69 heavy (non-hydrogen) atoms. The van der Waals surface area contributed by atoms with E-state index in [1.807, 2.05) is 32.9 Å². The standard InChI is InChI=1S/C62H57N5O2/c1-34(2)43-30-39(37-19-13-12-14-20-37)31-44(35(3)4)53(43)66-54-41-22-16-15-21-38(41)25-27-49(54)67-58(66)52-47(62(67)46-24-18-17-23-42(46)48-28-26-40(33-65(48)62)60(6,7)8)29-36(5)51-45-32-50-56(63-57(45)69-55(51)52)64-59(68-50)61(9,10)11/h12-35H,1-11H3/q+2/i5D3. The van der Waals surface area contributed by atoms with Crippen LogP contribution in [0.3, 0.4) is 0 Å². The van der Waals surface area contributed by atoms with Crippen molar-refractivity contribution in [2.45, 2.75) is 104 Å². The number of pyridine rings is 2. The Morgan fingerprint density at radius 2 is 1.41 bits per heavy atom. The number of aryl methyl sites for hydroxylation is 1. The Morgan fingerprint density at radius 3 is 2.13 bits per heavy atom. The molecule has 0 saturated heterocycles. The average molecular weight is 907 g/mol. The zero-order valence-electron chi connectivity index (χ0n) is 43.9. The number of rotatable bonds is 4. The van der Waals surface area contributed by atoms with Crippen LogP contribution in [0.5, 0.6) is 0 Å². The first-order chi connectivity index (χ1) is 34.3. The lowest BCUT2D eigenvalue weighted by Crippen LogP contribution is -2.71. The van der Waals surface area contributed by atoms with Crippen molar-refractivity contribution in [1.82, 2.24) is 14.5 Å². The van der Waals surface area contributed by atoms with Gasteiger partial charge in [-0.2, -0.15) is 14.5 Å². The molecule has 0 saturated carbocycles. The van der Waals surface area contributed by atoms with Crippen molar-refractivity contribution in [2.24, 2.45) is 0 Å². The molecule has 1 atom stereocenters. The second-order valence-corrected chi connectivity index (χ2v) is 22.1. The minimum absolute atomic E-state index is 0.106. The molecule has 5 aromatic heterocycles. The lowest BCUT2D eigenvalue weighted by molar-refractivity contribution is -0.944. The summed E-state index contributed by atoms with van der Waals surface area (Å²) in [6.07, 6.45) is 2.31. The van der Waals surface area contributed by atoms with E-state index in [2.05, 4.69) is 184 Å². The molecule has 13 rings (SSSR count). The van der Waals surface area contributed by atoms with Crippen LogP contribution in [-0.4, -0.2) is 14.5 Å². The number of oxazole rings is 1. The molecule has 2 aliphatic heterocycles. The molecular weight excluding hydrogens is 847 g/mol. The first-order valence-electron chi connectivity index (χ1n) is 25.9. The van der Waals surface area contributed by atoms with E-state index in [-0.39, 0.29) is 28.2 Å². The predicted octanol–water partition coefficient (Wildman–Crippen LogP) is 14.9. The zero-order chi connectivity index (χ0) is 50.1. The fraction of sp³-hybridized carbons (Fsp3) is 0.258. The maximum absolute atomic E-state index is 9.43. The Morgan fingerprint density at radius 1 is 0.681 bits per heavy atom. The van der Waals surface area contributed by atoms with Gasteiger partial charge in [0.2, 0.25) is 22.9 Å². The number of aromatic nitrogens is 5. The van der Waals surface area contributed by atoms with E-state index in [9.17, 15) is 4.11 Å². The fourth-order valence-electron chi connectivity index (χ4n) is 11.6. The maximum atomic E-state index is 9.43. The highest BCUT2D eigenvalue weighted by Crippen LogP contribution is 2.55. The van der Waals surface area contributed by atoms with Gasteiger partial charge in [-0.3, -0.25) is 0 Å². The summed E-state index contributed by atoms with van der Waals surface area (Å²) in [5.74, 6) is 1.65. The van der Waals surface area contributed by atoms with Crippen molar-refractivity contribution in [2.75, 3.05) is 0 Å². The van der Waals surface area contributed by atoms with Crippen molar-refractivity contribution >= 4 is 55.1 Å². The fourth-order valence-corrected chi connectivity index (χ4v) is 11.6. The Kier molecular flexibility index (Phi) is 7.88. The van der Waals surface area contributed by atoms with Crippen molar-refractivity contribution in [3.8, 4) is 39.5 Å². The number of fused-ring (bicyclic) bond motifs is 19. The molecule has 7 heteroatoms. The van der Waals surface area contributed by atoms with Gasteiger partial charge in [0, 0.05) is 43.1 Å². The summed E-state index contributed by atoms with van der Waals surface area (Å²) in [5, 5.41) is 3.28. The number of benzene rings is 6. The molecule has 1 unspecified atom stereocenters. The van der Waals surface area contributed by atoms with Crippen LogP contribution in [0.2, 0.25) is 0 Å². The Hall–Kier alpha value is -7.38. The summed E-state index contributed by atoms with van der Waals surface area (Å²) in [6, 6.07) is 45.6. The molecule has 7 nitrogen and oxygen atoms in total. The summed E-state index contributed by atoms with van der Waals surface area (Å²) in [6.45, 7) is 19.5. The summed E-state index contributed by atoms with van der Waals surface area (Å²) in [5.41, 5.74) is 13.9. The van der Waals surface area contributed by atoms with E-state index < -0.39 is 12.5 Å². The molecule has 0 amide bonds. The third kappa shape index (κ3) is 5.61. The topological polar surface area (TPSA) is 64.8 Å². The number of furan rings is 1. The van der Waals surface area contributed by atoms with Gasteiger partial charge in [-0.1, -0.05) is 130 Å². The molecule has 340 valence electrons. The molecule has 6 aromatic carbocycles. The monoisotopic (exact) mass is 906 g/mol. The Labute approximate surface area is 406 Å². The van der Waals surface area contributed by atoms with Gasteiger partial charge in [0.05, 0.1) is 22.1 Å². The van der Waals surface area contributed by atoms with E-state index in [1.165, 1.54) is 16.7 Å². The quantitative estimate of drug-likeness (QED) is 0.165. The summed E-state index contributed by atoms with van der Waals surface area (Å²) in [4.78, 5) is 9.91. The van der Waals surface area contributed by atoms with Crippen LogP contribution in [-0.2, 0) is 16.5 Å². The van der Waals surface area contributed by atoms with Gasteiger partial charge in [0.1, 0.15) is 11.3 Å². The van der Waals surface area contributed by atoms with Gasteiger partial charge in [0.25, 0.3) is 0 Å². The zero-order valence-corrected chi connectivity index (χ0v) is 40.9. The smallest absolute Gasteiger partial charge is 0.364 e. The summed E-state index contributed by atoms with van der Waals surface area (Å²) < 4.78 is 49.5. The van der Waals surface area contributed by atoms with Crippen molar-refractivity contribution in [3.05, 3.63) is 173 Å². The van der Waals surface area contributed by atoms with Crippen LogP contribution in [0.1, 0.15) is 124 Å². The molecule has 2 aliphatic rings. The van der Waals surface area contributed by atoms with Gasteiger partial charge >= 0.3 is 11.5 Å². The van der Waals surface area contributed by atoms with E-state index in [4.69, 9.17) is 18.8 Å². The number of imidazole rings is 1. The second-order valence-electron chi connectivity index (χ2n) is 22.1. The molecule has 0 fully saturated rings. The second kappa shape index (κ2) is 14.1. The predicted molar refractivity (Wildman–Crippen MR) is 278 cm³/mol. The van der Waals surface area contributed by atoms with Crippen LogP contribution in [0.15, 0.2) is 142 Å². The average Bonchev–Trinajstić information content (AvgIpc) is 4.15. The van der Waals surface area contributed by atoms with E-state index in [0.29, 0.717) is 39.2 Å². The minimum Gasteiger partial charge on any atom is -0.438 e. The Bertz CT molecular complexity index is 4090. The highest BCUT2D eigenvalue weighted by Gasteiger charge is 2.67. The lowest BCUT2D eigenvalue weighted by atomic mass is 9.86. The van der Waals surface area contributed by atoms with E-state index >= 15 is 0 Å². The number of hydrogen-bond acceptors (Lipinski definition) is 4. The molecular formula is C62H57N5O2+2. The normalized spacial score (nSPS) is 16.3. The van der Waals surface area contributed by atoms with Crippen molar-refractivity contribution in [1.29, 1.82) is 0 Å². The Balaban J connectivity index is 1.31. The molecule has 0 N–H and O–H groups in total. The van der Waals surface area contributed by atoms with Gasteiger partial charge in [-0.05, 0) is 107 Å². The third-order valence-corrected chi connectivity index (χ3v) is 14.9. The molecule has 7 heterocycles. The minimum atomic E-state index is -2.56. The first-order valence-corrected chi connectivity index (χ1v) is 24.4. The van der Waals surface area contributed by atoms with Crippen LogP contribution in [0.4, 0.5) is 0 Å². The van der Waals surface area contributed by atoms with Crippen LogP contribution in [0, 0.1) is 6.85 Å². The highest BCUT2D eigenvalue weighted by molar-refractivity contribution is 6.14. The van der Waals surface area contributed by atoms with Crippen LogP contribution >= 0.6 is 0 Å². The largest absolute Gasteiger partial charge is 0.438 e. The molecule has 0 bridgehead atoms. The lowest BCUT2D eigenvalue weighted by Gasteiger charge is -2.23. The molecule has 11 aromatic rings. The molecule has 1 spiro atoms. The maximum Gasteiger partial charge on any atom is 0.364 e. The van der Waals surface area contributed by atoms with Crippen molar-refractivity contribution in [3.63, 3.8) is 0 Å². The summed E-state index contributed by atoms with van der Waals surface area (Å²) in [7, 11) is 0. The molecule has 0 aliphatic carbocycles. The highest BCUT2D eigenvalue weighted by atomic mass is 16.4. The van der Waals surface area contributed by atoms with Crippen molar-refractivity contribution < 1.29 is 22.1 Å². The van der Waals surface area contributed by atoms with Gasteiger partial charge in [0.15, 0.2) is 28.4 Å². The van der Waals surface area contributed by atoms with Crippen LogP contribution in [0.25, 0.3) is 94.6 Å². The van der Waals surface area contributed by atoms with E-state index in [0.717, 1.165) is 72.4 Å². The van der Waals surface area contributed by atoms with Gasteiger partial charge < -0.3 is 8.83 Å². The first kappa shape index (κ1) is 38.6. The number of nitrogens with zero attached hydrogens (tertiary/aromatic N) is 5. The summed E-state index contributed by atoms with van der Waals surface area (Å²) >= 11 is 0. The van der Waals surface area contributed by atoms with Crippen LogP contribution < -0.4 is 9.13 Å². The SMILES string of the molecule is [2H]C([2H])([2H])c1cc2c(c3oc4nc5nc(C(C)(C)C)oc5cc4c13)-c1n(-c3c(C(C)C)cc(-c4ccccc4)cc3C(C)C)c3c4ccccc4ccc3[n+]1C21c2ccccc2-c2ccc(C(C)(C)C)c[n+]21. The van der Waals surface area contributed by atoms with E-state index in [1.54, 1.807) is 0 Å². The molecule has 0 radical (unpaired) electrons. The third-order valence-electron chi connectivity index (χ3n) is 14.9.